The van der Waals surface area contributed by atoms with E-state index in [1.807, 2.05) is 22.7 Å². The molecule has 0 aliphatic heterocycles. The highest BCUT2D eigenvalue weighted by atomic mass is 32.1. The minimum Gasteiger partial charge on any atom is -0.456 e. The molecule has 0 amide bonds. The molecule has 0 N–H and O–H groups in total. The van der Waals surface area contributed by atoms with Crippen molar-refractivity contribution in [3.8, 4) is 0 Å². The lowest BCUT2D eigenvalue weighted by molar-refractivity contribution is 0.669. The Labute approximate surface area is 260 Å². The minimum absolute atomic E-state index is 0.908. The molecule has 3 heterocycles. The zero-order chi connectivity index (χ0) is 28.8. The monoisotopic (exact) mass is 597 g/mol. The largest absolute Gasteiger partial charge is 0.456 e. The van der Waals surface area contributed by atoms with Gasteiger partial charge in [0.25, 0.3) is 0 Å². The molecule has 0 atom stereocenters. The third-order valence-corrected chi connectivity index (χ3v) is 11.2. The molecule has 10 aromatic rings. The molecule has 3 aromatic heterocycles. The van der Waals surface area contributed by atoms with E-state index in [9.17, 15) is 0 Å². The Balaban J connectivity index is 1.24. The Morgan fingerprint density at radius 3 is 2.02 bits per heavy atom. The number of nitrogens with zero attached hydrogens (tertiary/aromatic N) is 1. The average molecular weight is 598 g/mol. The van der Waals surface area contributed by atoms with Gasteiger partial charge in [0.2, 0.25) is 0 Å². The van der Waals surface area contributed by atoms with Gasteiger partial charge in [-0.1, -0.05) is 66.7 Å². The number of hydrogen-bond acceptors (Lipinski definition) is 4. The second-order valence-electron chi connectivity index (χ2n) is 11.3. The lowest BCUT2D eigenvalue weighted by atomic mass is 10.0. The van der Waals surface area contributed by atoms with Gasteiger partial charge in [0.05, 0.1) is 0 Å². The molecule has 44 heavy (non-hydrogen) atoms. The summed E-state index contributed by atoms with van der Waals surface area (Å²) < 4.78 is 11.7. The molecule has 0 aliphatic carbocycles. The molecular formula is C40H23NOS2. The average Bonchev–Trinajstić information content (AvgIpc) is 3.76. The van der Waals surface area contributed by atoms with Gasteiger partial charge in [-0.15, -0.1) is 22.7 Å². The highest BCUT2D eigenvalue weighted by Crippen LogP contribution is 2.46. The summed E-state index contributed by atoms with van der Waals surface area (Å²) >= 11 is 3.72. The van der Waals surface area contributed by atoms with E-state index in [-0.39, 0.29) is 0 Å². The number of benzene rings is 7. The van der Waals surface area contributed by atoms with Gasteiger partial charge in [-0.05, 0) is 83.6 Å². The van der Waals surface area contributed by atoms with Gasteiger partial charge in [0.15, 0.2) is 0 Å². The molecule has 0 spiro atoms. The molecule has 206 valence electrons. The van der Waals surface area contributed by atoms with Crippen LogP contribution in [0.3, 0.4) is 0 Å². The highest BCUT2D eigenvalue weighted by Gasteiger charge is 2.19. The van der Waals surface area contributed by atoms with E-state index in [1.165, 1.54) is 56.5 Å². The van der Waals surface area contributed by atoms with Crippen molar-refractivity contribution in [3.63, 3.8) is 0 Å². The van der Waals surface area contributed by atoms with E-state index in [0.717, 1.165) is 33.6 Å². The molecule has 0 unspecified atom stereocenters. The van der Waals surface area contributed by atoms with Gasteiger partial charge in [-0.2, -0.15) is 0 Å². The van der Waals surface area contributed by atoms with Crippen molar-refractivity contribution in [1.29, 1.82) is 0 Å². The maximum Gasteiger partial charge on any atom is 0.136 e. The van der Waals surface area contributed by atoms with Gasteiger partial charge in [0, 0.05) is 68.2 Å². The minimum atomic E-state index is 0.908. The molecule has 0 aliphatic rings. The van der Waals surface area contributed by atoms with Crippen molar-refractivity contribution < 1.29 is 4.42 Å². The summed E-state index contributed by atoms with van der Waals surface area (Å²) in [5.41, 5.74) is 5.20. The quantitative estimate of drug-likeness (QED) is 0.201. The maximum absolute atomic E-state index is 6.48. The van der Waals surface area contributed by atoms with Crippen molar-refractivity contribution in [2.45, 2.75) is 0 Å². The third kappa shape index (κ3) is 3.47. The summed E-state index contributed by atoms with van der Waals surface area (Å²) in [4.78, 5) is 2.36. The molecule has 10 rings (SSSR count). The number of rotatable bonds is 3. The Morgan fingerprint density at radius 2 is 1.11 bits per heavy atom. The smallest absolute Gasteiger partial charge is 0.136 e. The highest BCUT2D eigenvalue weighted by molar-refractivity contribution is 7.27. The van der Waals surface area contributed by atoms with Crippen LogP contribution in [0.5, 0.6) is 0 Å². The Kier molecular flexibility index (Phi) is 5.06. The van der Waals surface area contributed by atoms with Crippen LogP contribution in [-0.4, -0.2) is 0 Å². The molecule has 2 nitrogen and oxygen atoms in total. The van der Waals surface area contributed by atoms with Crippen molar-refractivity contribution in [2.75, 3.05) is 4.90 Å². The Hall–Kier alpha value is -5.16. The summed E-state index contributed by atoms with van der Waals surface area (Å²) in [6.45, 7) is 0. The van der Waals surface area contributed by atoms with Gasteiger partial charge < -0.3 is 9.32 Å². The number of thiophene rings is 2. The van der Waals surface area contributed by atoms with E-state index >= 15 is 0 Å². The molecule has 0 saturated heterocycles. The van der Waals surface area contributed by atoms with Crippen molar-refractivity contribution in [1.82, 2.24) is 0 Å². The van der Waals surface area contributed by atoms with Crippen LogP contribution in [0.4, 0.5) is 17.1 Å². The first-order valence-corrected chi connectivity index (χ1v) is 16.4. The van der Waals surface area contributed by atoms with Gasteiger partial charge >= 0.3 is 0 Å². The Morgan fingerprint density at radius 1 is 0.409 bits per heavy atom. The first-order valence-electron chi connectivity index (χ1n) is 14.8. The third-order valence-electron chi connectivity index (χ3n) is 8.84. The van der Waals surface area contributed by atoms with E-state index in [4.69, 9.17) is 4.42 Å². The van der Waals surface area contributed by atoms with Gasteiger partial charge in [-0.3, -0.25) is 0 Å². The summed E-state index contributed by atoms with van der Waals surface area (Å²) in [7, 11) is 0. The van der Waals surface area contributed by atoms with E-state index < -0.39 is 0 Å². The van der Waals surface area contributed by atoms with E-state index in [0.29, 0.717) is 0 Å². The van der Waals surface area contributed by atoms with Crippen LogP contribution in [0.15, 0.2) is 144 Å². The normalized spacial score (nSPS) is 12.1. The summed E-state index contributed by atoms with van der Waals surface area (Å²) in [6, 6.07) is 50.4. The Bertz CT molecular complexity index is 2730. The number of furan rings is 1. The maximum atomic E-state index is 6.48. The summed E-state index contributed by atoms with van der Waals surface area (Å²) in [5, 5.41) is 10.1. The number of hydrogen-bond donors (Lipinski definition) is 0. The lowest BCUT2D eigenvalue weighted by Gasteiger charge is -2.25. The first-order chi connectivity index (χ1) is 21.8. The molecule has 0 fully saturated rings. The molecule has 0 radical (unpaired) electrons. The van der Waals surface area contributed by atoms with Crippen LogP contribution >= 0.6 is 22.7 Å². The zero-order valence-electron chi connectivity index (χ0n) is 23.5. The van der Waals surface area contributed by atoms with Gasteiger partial charge in [0.1, 0.15) is 11.2 Å². The predicted molar refractivity (Wildman–Crippen MR) is 192 cm³/mol. The number of para-hydroxylation sites is 1. The number of anilines is 3. The standard InChI is InChI=1S/C40H23NOS2/c1-2-9-25(10-3-1)41(27-16-21-36-31(22-27)29-12-6-7-13-35(29)43-36)26-15-18-33-32(23-26)39-34(42-33)19-17-30-38-28-11-5-4-8-24(28)14-20-37(38)44-40(30)39/h1-23H. The van der Waals surface area contributed by atoms with Crippen molar-refractivity contribution >= 4 is 113 Å². The molecule has 0 saturated carbocycles. The topological polar surface area (TPSA) is 16.4 Å². The van der Waals surface area contributed by atoms with Crippen LogP contribution in [-0.2, 0) is 0 Å². The molecule has 7 aromatic carbocycles. The van der Waals surface area contributed by atoms with E-state index in [1.54, 1.807) is 0 Å². The van der Waals surface area contributed by atoms with Crippen LogP contribution < -0.4 is 4.90 Å². The second kappa shape index (κ2) is 9.17. The predicted octanol–water partition coefficient (Wildman–Crippen LogP) is 12.9. The zero-order valence-corrected chi connectivity index (χ0v) is 25.1. The van der Waals surface area contributed by atoms with Crippen molar-refractivity contribution in [2.24, 2.45) is 0 Å². The summed E-state index contributed by atoms with van der Waals surface area (Å²) in [5.74, 6) is 0. The molecule has 0 bridgehead atoms. The summed E-state index contributed by atoms with van der Waals surface area (Å²) in [6.07, 6.45) is 0. The van der Waals surface area contributed by atoms with Gasteiger partial charge in [-0.25, -0.2) is 0 Å². The van der Waals surface area contributed by atoms with Crippen LogP contribution in [0, 0.1) is 0 Å². The van der Waals surface area contributed by atoms with E-state index in [2.05, 4.69) is 144 Å². The fourth-order valence-corrected chi connectivity index (χ4v) is 9.23. The van der Waals surface area contributed by atoms with Crippen LogP contribution in [0.25, 0.3) is 73.1 Å². The van der Waals surface area contributed by atoms with Crippen LogP contribution in [0.1, 0.15) is 0 Å². The fraction of sp³-hybridized carbons (Fsp3) is 0. The van der Waals surface area contributed by atoms with Crippen LogP contribution in [0.2, 0.25) is 0 Å². The fourth-order valence-electron chi connectivity index (χ4n) is 6.87. The lowest BCUT2D eigenvalue weighted by Crippen LogP contribution is -2.09. The molecular weight excluding hydrogens is 575 g/mol. The first kappa shape index (κ1) is 24.3. The van der Waals surface area contributed by atoms with Crippen molar-refractivity contribution in [3.05, 3.63) is 140 Å². The second-order valence-corrected chi connectivity index (χ2v) is 13.4. The number of fused-ring (bicyclic) bond motifs is 12. The molecule has 4 heteroatoms. The SMILES string of the molecule is c1ccc(N(c2ccc3sc4ccccc4c3c2)c2ccc3oc4ccc5c(sc6ccc7ccccc7c65)c4c3c2)cc1.